The van der Waals surface area contributed by atoms with E-state index in [1.54, 1.807) is 30.5 Å². The second kappa shape index (κ2) is 3.40. The van der Waals surface area contributed by atoms with E-state index in [0.717, 1.165) is 11.3 Å². The first-order chi connectivity index (χ1) is 7.57. The molecule has 1 aromatic carbocycles. The Morgan fingerprint density at radius 2 is 1.92 bits per heavy atom. The molecule has 0 atom stereocenters. The fourth-order valence-electron chi connectivity index (χ4n) is 1.17. The molecular formula is C12H11N. The SMILES string of the molecule is [2H]C([2H])([2H])c1ccc(-c2ccccn2)cc1. The molecule has 0 bridgehead atoms. The Bertz CT molecular complexity index is 460. The summed E-state index contributed by atoms with van der Waals surface area (Å²) in [4.78, 5) is 4.20. The zero-order valence-corrected chi connectivity index (χ0v) is 7.07. The average Bonchev–Trinajstić information content (AvgIpc) is 2.29. The number of nitrogens with zero attached hydrogens (tertiary/aromatic N) is 1. The predicted octanol–water partition coefficient (Wildman–Crippen LogP) is 3.06. The van der Waals surface area contributed by atoms with E-state index >= 15 is 0 Å². The van der Waals surface area contributed by atoms with Crippen molar-refractivity contribution in [2.24, 2.45) is 0 Å². The Balaban J connectivity index is 2.34. The number of hydrogen-bond donors (Lipinski definition) is 0. The first-order valence-electron chi connectivity index (χ1n) is 5.59. The van der Waals surface area contributed by atoms with Crippen LogP contribution in [0.5, 0.6) is 0 Å². The molecule has 0 aliphatic heterocycles. The topological polar surface area (TPSA) is 12.9 Å². The van der Waals surface area contributed by atoms with Gasteiger partial charge in [0, 0.05) is 15.9 Å². The van der Waals surface area contributed by atoms with Crippen molar-refractivity contribution in [1.29, 1.82) is 0 Å². The zero-order chi connectivity index (χ0) is 11.6. The third-order valence-electron chi connectivity index (χ3n) is 1.85. The Morgan fingerprint density at radius 3 is 2.54 bits per heavy atom. The summed E-state index contributed by atoms with van der Waals surface area (Å²) in [6.45, 7) is -2.04. The normalized spacial score (nSPS) is 14.3. The van der Waals surface area contributed by atoms with Crippen molar-refractivity contribution in [3.8, 4) is 11.3 Å². The second-order valence-corrected chi connectivity index (χ2v) is 2.79. The van der Waals surface area contributed by atoms with Gasteiger partial charge < -0.3 is 0 Å². The predicted molar refractivity (Wildman–Crippen MR) is 54.4 cm³/mol. The molecule has 64 valence electrons. The van der Waals surface area contributed by atoms with E-state index < -0.39 is 6.85 Å². The van der Waals surface area contributed by atoms with Crippen molar-refractivity contribution < 1.29 is 4.11 Å². The summed E-state index contributed by atoms with van der Waals surface area (Å²) in [7, 11) is 0. The largest absolute Gasteiger partial charge is 0.256 e. The molecule has 0 radical (unpaired) electrons. The van der Waals surface area contributed by atoms with Crippen LogP contribution in [0.1, 0.15) is 9.68 Å². The molecule has 0 aliphatic rings. The molecule has 1 heterocycles. The van der Waals surface area contributed by atoms with Crippen LogP contribution < -0.4 is 0 Å². The number of pyridine rings is 1. The number of benzene rings is 1. The fraction of sp³-hybridized carbons (Fsp3) is 0.0833. The van der Waals surface area contributed by atoms with Crippen LogP contribution >= 0.6 is 0 Å². The Morgan fingerprint density at radius 1 is 1.08 bits per heavy atom. The zero-order valence-electron chi connectivity index (χ0n) is 10.1. The summed E-state index contributed by atoms with van der Waals surface area (Å²) in [5, 5.41) is 0. The minimum absolute atomic E-state index is 0.354. The molecule has 1 nitrogen and oxygen atoms in total. The lowest BCUT2D eigenvalue weighted by atomic mass is 10.1. The van der Waals surface area contributed by atoms with E-state index in [1.165, 1.54) is 0 Å². The minimum atomic E-state index is -2.04. The summed E-state index contributed by atoms with van der Waals surface area (Å²) in [5.74, 6) is 0. The van der Waals surface area contributed by atoms with Crippen molar-refractivity contribution >= 4 is 0 Å². The van der Waals surface area contributed by atoms with Crippen molar-refractivity contribution in [2.45, 2.75) is 6.85 Å². The van der Waals surface area contributed by atoms with Gasteiger partial charge in [-0.05, 0) is 19.0 Å². The Kier molecular flexibility index (Phi) is 1.35. The first-order valence-corrected chi connectivity index (χ1v) is 4.09. The van der Waals surface area contributed by atoms with Crippen LogP contribution in [0.2, 0.25) is 0 Å². The van der Waals surface area contributed by atoms with Crippen LogP contribution in [0, 0.1) is 6.85 Å². The molecule has 0 saturated heterocycles. The van der Waals surface area contributed by atoms with Gasteiger partial charge in [0.1, 0.15) is 0 Å². The van der Waals surface area contributed by atoms with E-state index in [-0.39, 0.29) is 0 Å². The molecule has 1 heteroatoms. The maximum atomic E-state index is 7.27. The summed E-state index contributed by atoms with van der Waals surface area (Å²) in [6.07, 6.45) is 1.72. The number of aromatic nitrogens is 1. The van der Waals surface area contributed by atoms with E-state index in [4.69, 9.17) is 4.11 Å². The van der Waals surface area contributed by atoms with Gasteiger partial charge >= 0.3 is 0 Å². The van der Waals surface area contributed by atoms with Crippen LogP contribution in [0.25, 0.3) is 11.3 Å². The van der Waals surface area contributed by atoms with Gasteiger partial charge in [-0.3, -0.25) is 4.98 Å². The van der Waals surface area contributed by atoms with Gasteiger partial charge in [-0.25, -0.2) is 0 Å². The van der Waals surface area contributed by atoms with Gasteiger partial charge in [0.2, 0.25) is 0 Å². The Hall–Kier alpha value is -1.63. The highest BCUT2D eigenvalue weighted by Crippen LogP contribution is 2.15. The van der Waals surface area contributed by atoms with E-state index in [2.05, 4.69) is 4.98 Å². The monoisotopic (exact) mass is 172 g/mol. The molecule has 13 heavy (non-hydrogen) atoms. The van der Waals surface area contributed by atoms with Gasteiger partial charge in [0.05, 0.1) is 5.69 Å². The molecule has 0 aliphatic carbocycles. The third-order valence-corrected chi connectivity index (χ3v) is 1.85. The lowest BCUT2D eigenvalue weighted by molar-refractivity contribution is 1.32. The van der Waals surface area contributed by atoms with Crippen molar-refractivity contribution in [1.82, 2.24) is 4.98 Å². The lowest BCUT2D eigenvalue weighted by Crippen LogP contribution is -1.81. The molecule has 0 fully saturated rings. The van der Waals surface area contributed by atoms with Crippen molar-refractivity contribution in [3.63, 3.8) is 0 Å². The van der Waals surface area contributed by atoms with Gasteiger partial charge in [-0.1, -0.05) is 35.9 Å². The fourth-order valence-corrected chi connectivity index (χ4v) is 1.17. The molecule has 0 unspecified atom stereocenters. The van der Waals surface area contributed by atoms with E-state index in [1.807, 2.05) is 18.2 Å². The summed E-state index contributed by atoms with van der Waals surface area (Å²) in [6, 6.07) is 12.5. The van der Waals surface area contributed by atoms with Crippen LogP contribution in [-0.4, -0.2) is 4.98 Å². The molecule has 1 aromatic heterocycles. The van der Waals surface area contributed by atoms with Gasteiger partial charge in [0.25, 0.3) is 0 Å². The second-order valence-electron chi connectivity index (χ2n) is 2.79. The quantitative estimate of drug-likeness (QED) is 0.644. The maximum Gasteiger partial charge on any atom is 0.0701 e. The van der Waals surface area contributed by atoms with E-state index in [0.29, 0.717) is 5.56 Å². The first kappa shape index (κ1) is 5.18. The molecule has 0 saturated carbocycles. The van der Waals surface area contributed by atoms with E-state index in [9.17, 15) is 0 Å². The highest BCUT2D eigenvalue weighted by Gasteiger charge is 1.95. The highest BCUT2D eigenvalue weighted by molar-refractivity contribution is 5.58. The van der Waals surface area contributed by atoms with Crippen molar-refractivity contribution in [3.05, 3.63) is 54.2 Å². The number of aryl methyl sites for hydroxylation is 1. The molecule has 0 N–H and O–H groups in total. The van der Waals surface area contributed by atoms with Gasteiger partial charge in [0.15, 0.2) is 0 Å². The lowest BCUT2D eigenvalue weighted by Gasteiger charge is -1.99. The summed E-state index contributed by atoms with van der Waals surface area (Å²) in [5.41, 5.74) is 2.13. The molecule has 0 spiro atoms. The summed E-state index contributed by atoms with van der Waals surface area (Å²) >= 11 is 0. The Labute approximate surface area is 82.3 Å². The van der Waals surface area contributed by atoms with Crippen LogP contribution in [0.15, 0.2) is 48.7 Å². The standard InChI is InChI=1S/C12H11N/c1-10-5-7-11(8-6-10)12-4-2-3-9-13-12/h2-9H,1H3/i1D3. The molecular weight excluding hydrogens is 158 g/mol. The van der Waals surface area contributed by atoms with Gasteiger partial charge in [-0.2, -0.15) is 0 Å². The third kappa shape index (κ3) is 1.75. The number of hydrogen-bond acceptors (Lipinski definition) is 1. The molecule has 0 amide bonds. The maximum absolute atomic E-state index is 7.27. The number of rotatable bonds is 1. The van der Waals surface area contributed by atoms with Crippen LogP contribution in [0.4, 0.5) is 0 Å². The molecule has 2 rings (SSSR count). The summed E-state index contributed by atoms with van der Waals surface area (Å²) < 4.78 is 21.8. The van der Waals surface area contributed by atoms with Gasteiger partial charge in [-0.15, -0.1) is 0 Å². The van der Waals surface area contributed by atoms with Crippen molar-refractivity contribution in [2.75, 3.05) is 0 Å². The smallest absolute Gasteiger partial charge is 0.0701 e. The average molecular weight is 172 g/mol. The molecule has 2 aromatic rings. The minimum Gasteiger partial charge on any atom is -0.256 e. The van der Waals surface area contributed by atoms with Crippen LogP contribution in [-0.2, 0) is 0 Å². The van der Waals surface area contributed by atoms with Crippen LogP contribution in [0.3, 0.4) is 0 Å². The highest BCUT2D eigenvalue weighted by atomic mass is 14.7.